The van der Waals surface area contributed by atoms with Crippen LogP contribution >= 0.6 is 0 Å². The summed E-state index contributed by atoms with van der Waals surface area (Å²) in [7, 11) is -0.914. The second kappa shape index (κ2) is 9.21. The van der Waals surface area contributed by atoms with Crippen LogP contribution in [0.1, 0.15) is 16.1 Å². The minimum absolute atomic E-state index is 0.0746. The van der Waals surface area contributed by atoms with Gasteiger partial charge >= 0.3 is 0 Å². The molecular formula is C23H22N4O5S. The Labute approximate surface area is 190 Å². The van der Waals surface area contributed by atoms with Gasteiger partial charge in [-0.05, 0) is 42.0 Å². The number of fused-ring (bicyclic) bond motifs is 1. The molecule has 0 aliphatic rings. The third kappa shape index (κ3) is 4.90. The van der Waals surface area contributed by atoms with E-state index >= 15 is 0 Å². The van der Waals surface area contributed by atoms with Crippen molar-refractivity contribution in [2.75, 3.05) is 18.9 Å². The van der Waals surface area contributed by atoms with Gasteiger partial charge in [-0.2, -0.15) is 0 Å². The number of H-pyrrole nitrogens is 1. The highest BCUT2D eigenvalue weighted by Gasteiger charge is 2.17. The molecule has 0 fully saturated rings. The maximum atomic E-state index is 12.8. The van der Waals surface area contributed by atoms with E-state index in [4.69, 9.17) is 9.47 Å². The van der Waals surface area contributed by atoms with Gasteiger partial charge in [0.15, 0.2) is 0 Å². The van der Waals surface area contributed by atoms with Crippen LogP contribution in [-0.4, -0.2) is 38.5 Å². The molecule has 170 valence electrons. The molecule has 0 aliphatic heterocycles. The molecule has 4 aromatic rings. The number of hydrogen-bond donors (Lipinski definition) is 3. The van der Waals surface area contributed by atoms with Gasteiger partial charge < -0.3 is 19.8 Å². The summed E-state index contributed by atoms with van der Waals surface area (Å²) < 4.78 is 38.6. The predicted octanol–water partition coefficient (Wildman–Crippen LogP) is 3.31. The van der Waals surface area contributed by atoms with Crippen molar-refractivity contribution in [3.8, 4) is 11.5 Å². The number of anilines is 1. The highest BCUT2D eigenvalue weighted by molar-refractivity contribution is 7.92. The van der Waals surface area contributed by atoms with Crippen molar-refractivity contribution < 1.29 is 22.7 Å². The Balaban J connectivity index is 1.43. The van der Waals surface area contributed by atoms with Crippen molar-refractivity contribution in [2.24, 2.45) is 0 Å². The lowest BCUT2D eigenvalue weighted by atomic mass is 10.2. The smallest absolute Gasteiger partial charge is 0.267 e. The van der Waals surface area contributed by atoms with Crippen molar-refractivity contribution in [3.63, 3.8) is 0 Å². The van der Waals surface area contributed by atoms with Crippen molar-refractivity contribution in [3.05, 3.63) is 78.2 Å². The summed E-state index contributed by atoms with van der Waals surface area (Å²) in [6, 6.07) is 14.6. The summed E-state index contributed by atoms with van der Waals surface area (Å²) in [5.74, 6) is 0.590. The summed E-state index contributed by atoms with van der Waals surface area (Å²) in [5, 5.41) is 3.66. The van der Waals surface area contributed by atoms with Gasteiger partial charge in [0.2, 0.25) is 0 Å². The maximum Gasteiger partial charge on any atom is 0.267 e. The first-order valence-electron chi connectivity index (χ1n) is 9.94. The van der Waals surface area contributed by atoms with Gasteiger partial charge in [0, 0.05) is 35.9 Å². The first kappa shape index (κ1) is 22.2. The summed E-state index contributed by atoms with van der Waals surface area (Å²) in [6.07, 6.45) is 3.33. The maximum absolute atomic E-state index is 12.8. The summed E-state index contributed by atoms with van der Waals surface area (Å²) >= 11 is 0. The number of aromatic amines is 1. The molecule has 4 rings (SSSR count). The molecule has 0 atom stereocenters. The van der Waals surface area contributed by atoms with Gasteiger partial charge in [-0.3, -0.25) is 14.5 Å². The van der Waals surface area contributed by atoms with Crippen LogP contribution in [0.4, 0.5) is 5.69 Å². The third-order valence-electron chi connectivity index (χ3n) is 5.00. The lowest BCUT2D eigenvalue weighted by molar-refractivity contribution is 0.0946. The molecule has 2 heterocycles. The van der Waals surface area contributed by atoms with E-state index in [0.29, 0.717) is 17.2 Å². The van der Waals surface area contributed by atoms with Gasteiger partial charge in [0.25, 0.3) is 15.9 Å². The van der Waals surface area contributed by atoms with Crippen LogP contribution < -0.4 is 19.5 Å². The predicted molar refractivity (Wildman–Crippen MR) is 124 cm³/mol. The zero-order valence-corrected chi connectivity index (χ0v) is 18.8. The Morgan fingerprint density at radius 1 is 1.03 bits per heavy atom. The molecule has 0 radical (unpaired) electrons. The van der Waals surface area contributed by atoms with E-state index in [9.17, 15) is 13.2 Å². The van der Waals surface area contributed by atoms with Crippen LogP contribution in [0.25, 0.3) is 10.9 Å². The Hall–Kier alpha value is -4.05. The summed E-state index contributed by atoms with van der Waals surface area (Å²) in [4.78, 5) is 19.6. The van der Waals surface area contributed by atoms with Crippen LogP contribution in [0.15, 0.2) is 71.9 Å². The number of methoxy groups -OCH3 is 2. The molecular weight excluding hydrogens is 444 g/mol. The molecule has 0 saturated carbocycles. The molecule has 0 bridgehead atoms. The molecule has 10 heteroatoms. The van der Waals surface area contributed by atoms with Crippen molar-refractivity contribution in [2.45, 2.75) is 11.4 Å². The quantitative estimate of drug-likeness (QED) is 0.366. The number of nitrogens with one attached hydrogen (secondary N) is 3. The molecule has 3 N–H and O–H groups in total. The monoisotopic (exact) mass is 466 g/mol. The lowest BCUT2D eigenvalue weighted by Gasteiger charge is -2.13. The lowest BCUT2D eigenvalue weighted by Crippen LogP contribution is -2.23. The fraction of sp³-hybridized carbons (Fsp3) is 0.130. The fourth-order valence-electron chi connectivity index (χ4n) is 3.26. The summed E-state index contributed by atoms with van der Waals surface area (Å²) in [5.41, 5.74) is 2.26. The fourth-order valence-corrected chi connectivity index (χ4v) is 4.32. The SMILES string of the molecule is COc1ccc(OC)c(NS(=O)(=O)c2ccc(CNC(=O)c3cc4cnccc4[nH]3)cc2)c1. The van der Waals surface area contributed by atoms with Crippen LogP contribution in [0.5, 0.6) is 11.5 Å². The number of sulfonamides is 1. The number of ether oxygens (including phenoxy) is 2. The van der Waals surface area contributed by atoms with Gasteiger partial charge in [-0.15, -0.1) is 0 Å². The van der Waals surface area contributed by atoms with Crippen molar-refractivity contribution in [1.82, 2.24) is 15.3 Å². The minimum Gasteiger partial charge on any atom is -0.497 e. The molecule has 0 saturated heterocycles. The van der Waals surface area contributed by atoms with Gasteiger partial charge in [0.05, 0.1) is 24.8 Å². The Kier molecular flexibility index (Phi) is 6.18. The van der Waals surface area contributed by atoms with Crippen LogP contribution in [0.3, 0.4) is 0 Å². The first-order valence-corrected chi connectivity index (χ1v) is 11.4. The number of benzene rings is 2. The van der Waals surface area contributed by atoms with E-state index < -0.39 is 10.0 Å². The van der Waals surface area contributed by atoms with Crippen LogP contribution in [0.2, 0.25) is 0 Å². The number of nitrogens with zero attached hydrogens (tertiary/aromatic N) is 1. The van der Waals surface area contributed by atoms with E-state index in [2.05, 4.69) is 20.0 Å². The highest BCUT2D eigenvalue weighted by atomic mass is 32.2. The number of aromatic nitrogens is 2. The molecule has 9 nitrogen and oxygen atoms in total. The number of hydrogen-bond acceptors (Lipinski definition) is 6. The van der Waals surface area contributed by atoms with Crippen LogP contribution in [-0.2, 0) is 16.6 Å². The molecule has 2 aromatic carbocycles. The minimum atomic E-state index is -3.86. The second-order valence-corrected chi connectivity index (χ2v) is 8.83. The number of pyridine rings is 1. The summed E-state index contributed by atoms with van der Waals surface area (Å²) in [6.45, 7) is 0.240. The van der Waals surface area contributed by atoms with E-state index in [1.165, 1.54) is 26.4 Å². The average molecular weight is 467 g/mol. The van der Waals surface area contributed by atoms with Crippen molar-refractivity contribution in [1.29, 1.82) is 0 Å². The highest BCUT2D eigenvalue weighted by Crippen LogP contribution is 2.30. The largest absolute Gasteiger partial charge is 0.497 e. The molecule has 1 amide bonds. The van der Waals surface area contributed by atoms with E-state index in [0.717, 1.165) is 16.5 Å². The zero-order chi connectivity index (χ0) is 23.4. The molecule has 0 spiro atoms. The average Bonchev–Trinajstić information content (AvgIpc) is 3.27. The molecule has 0 unspecified atom stereocenters. The van der Waals surface area contributed by atoms with Crippen LogP contribution in [0, 0.1) is 0 Å². The number of carbonyl (C=O) groups is 1. The number of amides is 1. The number of carbonyl (C=O) groups excluding carboxylic acids is 1. The Bertz CT molecular complexity index is 1370. The van der Waals surface area contributed by atoms with Gasteiger partial charge in [-0.1, -0.05) is 12.1 Å². The zero-order valence-electron chi connectivity index (χ0n) is 18.0. The third-order valence-corrected chi connectivity index (χ3v) is 6.38. The van der Waals surface area contributed by atoms with E-state index in [1.807, 2.05) is 0 Å². The van der Waals surface area contributed by atoms with E-state index in [1.54, 1.807) is 54.9 Å². The molecule has 2 aromatic heterocycles. The standard InChI is InChI=1S/C23H22N4O5S/c1-31-17-5-8-22(32-2)20(12-17)27-33(29,30)18-6-3-15(4-7-18)13-25-23(28)21-11-16-14-24-10-9-19(16)26-21/h3-12,14,26-27H,13H2,1-2H3,(H,25,28). The molecule has 0 aliphatic carbocycles. The molecule has 33 heavy (non-hydrogen) atoms. The Morgan fingerprint density at radius 3 is 2.52 bits per heavy atom. The number of rotatable bonds is 8. The topological polar surface area (TPSA) is 122 Å². The Morgan fingerprint density at radius 2 is 1.82 bits per heavy atom. The normalized spacial score (nSPS) is 11.2. The van der Waals surface area contributed by atoms with E-state index in [-0.39, 0.29) is 23.0 Å². The second-order valence-electron chi connectivity index (χ2n) is 7.14. The van der Waals surface area contributed by atoms with Gasteiger partial charge in [0.1, 0.15) is 17.2 Å². The van der Waals surface area contributed by atoms with Gasteiger partial charge in [-0.25, -0.2) is 8.42 Å². The van der Waals surface area contributed by atoms with Crippen molar-refractivity contribution >= 4 is 32.5 Å². The first-order chi connectivity index (χ1) is 15.9.